The topological polar surface area (TPSA) is 100 Å². The molecule has 9 heteroatoms. The van der Waals surface area contributed by atoms with Crippen molar-refractivity contribution in [2.45, 2.75) is 6.54 Å². The fraction of sp³-hybridized carbons (Fsp3) is 0.263. The summed E-state index contributed by atoms with van der Waals surface area (Å²) in [6.07, 6.45) is 1.64. The molecular formula is C19H21N5O4. The summed E-state index contributed by atoms with van der Waals surface area (Å²) in [4.78, 5) is 29.0. The van der Waals surface area contributed by atoms with E-state index in [4.69, 9.17) is 9.47 Å². The summed E-state index contributed by atoms with van der Waals surface area (Å²) in [6.45, 7) is 0.455. The van der Waals surface area contributed by atoms with Crippen molar-refractivity contribution in [3.63, 3.8) is 0 Å². The molecule has 0 unspecified atom stereocenters. The van der Waals surface area contributed by atoms with Crippen molar-refractivity contribution >= 4 is 5.91 Å². The van der Waals surface area contributed by atoms with Gasteiger partial charge in [-0.2, -0.15) is 0 Å². The molecule has 3 aromatic rings. The van der Waals surface area contributed by atoms with Gasteiger partial charge in [0.15, 0.2) is 5.82 Å². The molecule has 0 spiro atoms. The zero-order valence-electron chi connectivity index (χ0n) is 15.9. The van der Waals surface area contributed by atoms with Crippen LogP contribution in [0.15, 0.2) is 47.4 Å². The van der Waals surface area contributed by atoms with Crippen LogP contribution in [0.3, 0.4) is 0 Å². The molecule has 28 heavy (non-hydrogen) atoms. The molecule has 3 rings (SSSR count). The Morgan fingerprint density at radius 3 is 2.68 bits per heavy atom. The number of ether oxygens (including phenoxy) is 2. The second kappa shape index (κ2) is 8.38. The molecule has 2 aromatic heterocycles. The van der Waals surface area contributed by atoms with Gasteiger partial charge in [-0.3, -0.25) is 14.3 Å². The van der Waals surface area contributed by atoms with Crippen molar-refractivity contribution in [1.29, 1.82) is 0 Å². The first kappa shape index (κ1) is 19.2. The molecule has 0 saturated heterocycles. The Hall–Kier alpha value is -3.62. The van der Waals surface area contributed by atoms with Crippen molar-refractivity contribution in [3.8, 4) is 23.0 Å². The Bertz CT molecular complexity index is 1030. The molecule has 0 radical (unpaired) electrons. The minimum absolute atomic E-state index is 0.226. The van der Waals surface area contributed by atoms with E-state index in [0.717, 1.165) is 0 Å². The average molecular weight is 383 g/mol. The Balaban J connectivity index is 1.69. The number of rotatable bonds is 7. The van der Waals surface area contributed by atoms with Crippen LogP contribution in [0.4, 0.5) is 0 Å². The third-order valence-corrected chi connectivity index (χ3v) is 4.20. The maximum atomic E-state index is 12.4. The fourth-order valence-electron chi connectivity index (χ4n) is 2.71. The number of hydrogen-bond donors (Lipinski definition) is 1. The van der Waals surface area contributed by atoms with E-state index in [9.17, 15) is 9.59 Å². The summed E-state index contributed by atoms with van der Waals surface area (Å²) >= 11 is 0. The van der Waals surface area contributed by atoms with E-state index < -0.39 is 0 Å². The Morgan fingerprint density at radius 1 is 1.18 bits per heavy atom. The van der Waals surface area contributed by atoms with Crippen LogP contribution in [0.2, 0.25) is 0 Å². The van der Waals surface area contributed by atoms with Crippen LogP contribution >= 0.6 is 0 Å². The number of benzene rings is 1. The number of nitrogens with zero attached hydrogens (tertiary/aromatic N) is 4. The second-order valence-corrected chi connectivity index (χ2v) is 5.93. The van der Waals surface area contributed by atoms with Crippen LogP contribution in [0, 0.1) is 0 Å². The summed E-state index contributed by atoms with van der Waals surface area (Å²) in [7, 11) is 4.66. The van der Waals surface area contributed by atoms with E-state index in [1.165, 1.54) is 16.4 Å². The predicted molar refractivity (Wildman–Crippen MR) is 103 cm³/mol. The standard InChI is InChI=1S/C19H21N5O4/c1-23-17(15-6-4-5-9-20-15)22-24(19(23)26)11-10-21-18(25)14-8-7-13(27-2)12-16(14)28-3/h4-9,12H,10-11H2,1-3H3,(H,21,25). The summed E-state index contributed by atoms with van der Waals surface area (Å²) in [5.74, 6) is 1.15. The van der Waals surface area contributed by atoms with E-state index in [1.807, 2.05) is 6.07 Å². The van der Waals surface area contributed by atoms with Crippen LogP contribution in [0.5, 0.6) is 11.5 Å². The number of nitrogens with one attached hydrogen (secondary N) is 1. The molecule has 0 saturated carbocycles. The SMILES string of the molecule is COc1ccc(C(=O)NCCn2nc(-c3ccccn3)n(C)c2=O)c(OC)c1. The Kier molecular flexibility index (Phi) is 5.73. The smallest absolute Gasteiger partial charge is 0.346 e. The molecule has 0 atom stereocenters. The molecule has 9 nitrogen and oxygen atoms in total. The Morgan fingerprint density at radius 2 is 2.00 bits per heavy atom. The predicted octanol–water partition coefficient (Wildman–Crippen LogP) is 1.09. The highest BCUT2D eigenvalue weighted by molar-refractivity contribution is 5.97. The van der Waals surface area contributed by atoms with E-state index in [1.54, 1.807) is 50.7 Å². The lowest BCUT2D eigenvalue weighted by atomic mass is 10.1. The van der Waals surface area contributed by atoms with Gasteiger partial charge in [-0.15, -0.1) is 5.10 Å². The van der Waals surface area contributed by atoms with E-state index >= 15 is 0 Å². The van der Waals surface area contributed by atoms with Gasteiger partial charge in [0.05, 0.1) is 26.3 Å². The molecule has 0 aliphatic heterocycles. The van der Waals surface area contributed by atoms with Gasteiger partial charge >= 0.3 is 5.69 Å². The quantitative estimate of drug-likeness (QED) is 0.656. The van der Waals surface area contributed by atoms with Crippen molar-refractivity contribution in [2.75, 3.05) is 20.8 Å². The zero-order chi connectivity index (χ0) is 20.1. The molecule has 0 aliphatic carbocycles. The molecule has 2 heterocycles. The third kappa shape index (κ3) is 3.88. The first-order chi connectivity index (χ1) is 13.5. The fourth-order valence-corrected chi connectivity index (χ4v) is 2.71. The van der Waals surface area contributed by atoms with Gasteiger partial charge in [0.2, 0.25) is 0 Å². The molecule has 0 fully saturated rings. The number of carbonyl (C=O) groups excluding carboxylic acids is 1. The Labute approximate surface area is 161 Å². The molecule has 1 aromatic carbocycles. The van der Waals surface area contributed by atoms with E-state index in [-0.39, 0.29) is 24.7 Å². The number of pyridine rings is 1. The van der Waals surface area contributed by atoms with Gasteiger partial charge in [0.1, 0.15) is 17.2 Å². The first-order valence-electron chi connectivity index (χ1n) is 8.60. The maximum Gasteiger partial charge on any atom is 0.346 e. The highest BCUT2D eigenvalue weighted by Crippen LogP contribution is 2.24. The zero-order valence-corrected chi connectivity index (χ0v) is 15.9. The molecule has 0 aliphatic rings. The molecule has 0 bridgehead atoms. The van der Waals surface area contributed by atoms with Crippen LogP contribution in [-0.2, 0) is 13.6 Å². The number of hydrogen-bond acceptors (Lipinski definition) is 6. The molecule has 1 amide bonds. The minimum atomic E-state index is -0.312. The lowest BCUT2D eigenvalue weighted by Gasteiger charge is -2.10. The van der Waals surface area contributed by atoms with Gasteiger partial charge < -0.3 is 14.8 Å². The third-order valence-electron chi connectivity index (χ3n) is 4.20. The normalized spacial score (nSPS) is 10.5. The van der Waals surface area contributed by atoms with Gasteiger partial charge in [-0.1, -0.05) is 6.07 Å². The van der Waals surface area contributed by atoms with Crippen molar-refractivity contribution < 1.29 is 14.3 Å². The number of amides is 1. The molecular weight excluding hydrogens is 362 g/mol. The van der Waals surface area contributed by atoms with Gasteiger partial charge in [-0.25, -0.2) is 9.48 Å². The summed E-state index contributed by atoms with van der Waals surface area (Å²) < 4.78 is 13.1. The van der Waals surface area contributed by atoms with Crippen LogP contribution in [0.1, 0.15) is 10.4 Å². The van der Waals surface area contributed by atoms with Crippen molar-refractivity contribution in [3.05, 3.63) is 58.6 Å². The molecule has 146 valence electrons. The summed E-state index contributed by atoms with van der Waals surface area (Å²) in [6, 6.07) is 10.3. The summed E-state index contributed by atoms with van der Waals surface area (Å²) in [5, 5.41) is 7.09. The van der Waals surface area contributed by atoms with Crippen LogP contribution < -0.4 is 20.5 Å². The minimum Gasteiger partial charge on any atom is -0.497 e. The van der Waals surface area contributed by atoms with Crippen LogP contribution in [-0.4, -0.2) is 46.0 Å². The van der Waals surface area contributed by atoms with E-state index in [2.05, 4.69) is 15.4 Å². The van der Waals surface area contributed by atoms with Gasteiger partial charge in [0, 0.05) is 25.9 Å². The van der Waals surface area contributed by atoms with Gasteiger partial charge in [-0.05, 0) is 24.3 Å². The van der Waals surface area contributed by atoms with Crippen molar-refractivity contribution in [2.24, 2.45) is 7.05 Å². The average Bonchev–Trinajstić information content (AvgIpc) is 3.02. The highest BCUT2D eigenvalue weighted by Gasteiger charge is 2.15. The van der Waals surface area contributed by atoms with Crippen LogP contribution in [0.25, 0.3) is 11.5 Å². The highest BCUT2D eigenvalue weighted by atomic mass is 16.5. The first-order valence-corrected chi connectivity index (χ1v) is 8.60. The summed E-state index contributed by atoms with van der Waals surface area (Å²) in [5.41, 5.74) is 0.704. The van der Waals surface area contributed by atoms with E-state index in [0.29, 0.717) is 28.6 Å². The molecule has 1 N–H and O–H groups in total. The van der Waals surface area contributed by atoms with Crippen molar-refractivity contribution in [1.82, 2.24) is 24.6 Å². The maximum absolute atomic E-state index is 12.4. The monoisotopic (exact) mass is 383 g/mol. The number of methoxy groups -OCH3 is 2. The lowest BCUT2D eigenvalue weighted by Crippen LogP contribution is -2.31. The second-order valence-electron chi connectivity index (χ2n) is 5.93. The lowest BCUT2D eigenvalue weighted by molar-refractivity contribution is 0.0948. The largest absolute Gasteiger partial charge is 0.497 e. The van der Waals surface area contributed by atoms with Gasteiger partial charge in [0.25, 0.3) is 5.91 Å². The number of carbonyl (C=O) groups is 1. The number of aromatic nitrogens is 4.